The van der Waals surface area contributed by atoms with E-state index in [0.717, 1.165) is 28.0 Å². The monoisotopic (exact) mass is 402 g/mol. The molecule has 0 radical (unpaired) electrons. The summed E-state index contributed by atoms with van der Waals surface area (Å²) in [6.07, 6.45) is 3.94. The highest BCUT2D eigenvalue weighted by Crippen LogP contribution is 2.25. The summed E-state index contributed by atoms with van der Waals surface area (Å²) < 4.78 is 15.3. The number of hydrogen-bond acceptors (Lipinski definition) is 3. The van der Waals surface area contributed by atoms with Crippen LogP contribution >= 0.6 is 0 Å². The topological polar surface area (TPSA) is 49.6 Å². The van der Waals surface area contributed by atoms with Crippen molar-refractivity contribution in [2.75, 3.05) is 19.4 Å². The summed E-state index contributed by atoms with van der Waals surface area (Å²) in [5.74, 6) is -0.512. The lowest BCUT2D eigenvalue weighted by Crippen LogP contribution is -2.32. The predicted molar refractivity (Wildman–Crippen MR) is 117 cm³/mol. The molecule has 0 saturated heterocycles. The number of nitrogens with one attached hydrogen (secondary N) is 1. The second-order valence-corrected chi connectivity index (χ2v) is 7.54. The Kier molecular flexibility index (Phi) is 5.33. The van der Waals surface area contributed by atoms with Crippen molar-refractivity contribution in [3.63, 3.8) is 0 Å². The fourth-order valence-electron chi connectivity index (χ4n) is 3.59. The van der Waals surface area contributed by atoms with Crippen LogP contribution in [0.2, 0.25) is 0 Å². The van der Waals surface area contributed by atoms with Crippen molar-refractivity contribution in [1.29, 1.82) is 0 Å². The third-order valence-electron chi connectivity index (χ3n) is 5.05. The van der Waals surface area contributed by atoms with Crippen molar-refractivity contribution in [3.05, 3.63) is 90.0 Å². The summed E-state index contributed by atoms with van der Waals surface area (Å²) in [7, 11) is 3.64. The van der Waals surface area contributed by atoms with Gasteiger partial charge in [-0.05, 0) is 62.5 Å². The Labute approximate surface area is 174 Å². The lowest BCUT2D eigenvalue weighted by Gasteiger charge is -2.24. The molecule has 1 N–H and O–H groups in total. The van der Waals surface area contributed by atoms with Crippen LogP contribution < -0.4 is 5.32 Å². The molecule has 4 rings (SSSR count). The van der Waals surface area contributed by atoms with Gasteiger partial charge in [-0.1, -0.05) is 30.3 Å². The molecule has 0 unspecified atom stereocenters. The van der Waals surface area contributed by atoms with E-state index in [9.17, 15) is 9.18 Å². The molecule has 0 fully saturated rings. The summed E-state index contributed by atoms with van der Waals surface area (Å²) in [5.41, 5.74) is 5.17. The lowest BCUT2D eigenvalue weighted by atomic mass is 10.0. The van der Waals surface area contributed by atoms with E-state index < -0.39 is 6.04 Å². The number of hydrogen-bond donors (Lipinski definition) is 1. The van der Waals surface area contributed by atoms with Gasteiger partial charge in [-0.25, -0.2) is 9.37 Å². The third kappa shape index (κ3) is 3.95. The standard InChI is InChI=1S/C24H23FN4O/c1-16-6-5-13-29-15-21(27-23(16)29)18-7-4-8-20(14-18)26-24(30)22(28(2)3)17-9-11-19(25)12-10-17/h4-15,22H,1-3H3,(H,26,30)/t22-/m0/s1. The zero-order chi connectivity index (χ0) is 21.3. The van der Waals surface area contributed by atoms with Gasteiger partial charge in [0.2, 0.25) is 5.91 Å². The average Bonchev–Trinajstić information content (AvgIpc) is 3.15. The molecule has 1 amide bonds. The highest BCUT2D eigenvalue weighted by atomic mass is 19.1. The average molecular weight is 402 g/mol. The number of benzene rings is 2. The van der Waals surface area contributed by atoms with Crippen LogP contribution in [0.25, 0.3) is 16.9 Å². The number of carbonyl (C=O) groups is 1. The summed E-state index contributed by atoms with van der Waals surface area (Å²) in [5, 5.41) is 2.98. The molecular weight excluding hydrogens is 379 g/mol. The van der Waals surface area contributed by atoms with E-state index in [-0.39, 0.29) is 11.7 Å². The van der Waals surface area contributed by atoms with Crippen molar-refractivity contribution in [2.24, 2.45) is 0 Å². The van der Waals surface area contributed by atoms with E-state index in [4.69, 9.17) is 4.98 Å². The normalized spacial score (nSPS) is 12.3. The largest absolute Gasteiger partial charge is 0.324 e. The highest BCUT2D eigenvalue weighted by molar-refractivity contribution is 5.96. The van der Waals surface area contributed by atoms with Crippen LogP contribution in [0, 0.1) is 12.7 Å². The first-order valence-electron chi connectivity index (χ1n) is 9.70. The molecule has 2 aromatic carbocycles. The molecule has 0 aliphatic rings. The van der Waals surface area contributed by atoms with Gasteiger partial charge in [0, 0.05) is 23.6 Å². The van der Waals surface area contributed by atoms with Crippen molar-refractivity contribution in [1.82, 2.24) is 14.3 Å². The van der Waals surface area contributed by atoms with Gasteiger partial charge >= 0.3 is 0 Å². The Morgan fingerprint density at radius 3 is 2.57 bits per heavy atom. The Balaban J connectivity index is 1.60. The first-order chi connectivity index (χ1) is 14.4. The number of rotatable bonds is 5. The van der Waals surface area contributed by atoms with Crippen molar-refractivity contribution >= 4 is 17.2 Å². The van der Waals surface area contributed by atoms with Crippen molar-refractivity contribution in [2.45, 2.75) is 13.0 Å². The molecule has 0 aliphatic carbocycles. The Morgan fingerprint density at radius 1 is 1.10 bits per heavy atom. The minimum absolute atomic E-state index is 0.186. The second-order valence-electron chi connectivity index (χ2n) is 7.54. The van der Waals surface area contributed by atoms with Crippen LogP contribution in [0.1, 0.15) is 17.2 Å². The second kappa shape index (κ2) is 8.08. The Morgan fingerprint density at radius 2 is 1.87 bits per heavy atom. The number of aromatic nitrogens is 2. The molecule has 30 heavy (non-hydrogen) atoms. The van der Waals surface area contributed by atoms with Gasteiger partial charge in [0.1, 0.15) is 17.5 Å². The van der Waals surface area contributed by atoms with Crippen LogP contribution in [-0.4, -0.2) is 34.3 Å². The summed E-state index contributed by atoms with van der Waals surface area (Å²) >= 11 is 0. The van der Waals surface area contributed by atoms with E-state index >= 15 is 0 Å². The zero-order valence-electron chi connectivity index (χ0n) is 17.1. The maximum Gasteiger partial charge on any atom is 0.246 e. The van der Waals surface area contributed by atoms with Crippen LogP contribution in [-0.2, 0) is 4.79 Å². The Hall–Kier alpha value is -3.51. The van der Waals surface area contributed by atoms with E-state index in [0.29, 0.717) is 5.69 Å². The smallest absolute Gasteiger partial charge is 0.246 e. The van der Waals surface area contributed by atoms with Crippen molar-refractivity contribution < 1.29 is 9.18 Å². The number of imidazole rings is 1. The van der Waals surface area contributed by atoms with Gasteiger partial charge in [-0.15, -0.1) is 0 Å². The molecular formula is C24H23FN4O. The quantitative estimate of drug-likeness (QED) is 0.527. The van der Waals surface area contributed by atoms with Crippen LogP contribution in [0.3, 0.4) is 0 Å². The molecule has 0 bridgehead atoms. The van der Waals surface area contributed by atoms with Crippen LogP contribution in [0.4, 0.5) is 10.1 Å². The zero-order valence-corrected chi connectivity index (χ0v) is 17.1. The number of pyridine rings is 1. The van der Waals surface area contributed by atoms with Crippen LogP contribution in [0.15, 0.2) is 73.1 Å². The number of likely N-dealkylation sites (N-methyl/N-ethyl adjacent to an activating group) is 1. The summed E-state index contributed by atoms with van der Waals surface area (Å²) in [6.45, 7) is 2.03. The first kappa shape index (κ1) is 19.8. The first-order valence-corrected chi connectivity index (χ1v) is 9.70. The maximum atomic E-state index is 13.3. The minimum Gasteiger partial charge on any atom is -0.324 e. The van der Waals surface area contributed by atoms with E-state index in [1.54, 1.807) is 17.0 Å². The SMILES string of the molecule is Cc1cccn2cc(-c3cccc(NC(=O)[C@H](c4ccc(F)cc4)N(C)C)c3)nc12. The minimum atomic E-state index is -0.535. The number of halogens is 1. The van der Waals surface area contributed by atoms with E-state index in [1.165, 1.54) is 12.1 Å². The highest BCUT2D eigenvalue weighted by Gasteiger charge is 2.23. The molecule has 5 nitrogen and oxygen atoms in total. The molecule has 152 valence electrons. The van der Waals surface area contributed by atoms with Crippen molar-refractivity contribution in [3.8, 4) is 11.3 Å². The van der Waals surface area contributed by atoms with Gasteiger partial charge in [-0.3, -0.25) is 9.69 Å². The molecule has 2 heterocycles. The number of amides is 1. The Bertz CT molecular complexity index is 1200. The fraction of sp³-hybridized carbons (Fsp3) is 0.167. The summed E-state index contributed by atoms with van der Waals surface area (Å²) in [4.78, 5) is 19.5. The third-order valence-corrected chi connectivity index (χ3v) is 5.05. The number of fused-ring (bicyclic) bond motifs is 1. The molecule has 0 spiro atoms. The van der Waals surface area contributed by atoms with Gasteiger partial charge in [0.05, 0.1) is 5.69 Å². The predicted octanol–water partition coefficient (Wildman–Crippen LogP) is 4.69. The van der Waals surface area contributed by atoms with Gasteiger partial charge < -0.3 is 9.72 Å². The lowest BCUT2D eigenvalue weighted by molar-refractivity contribution is -0.120. The molecule has 0 aliphatic heterocycles. The van der Waals surface area contributed by atoms with E-state index in [1.807, 2.05) is 74.2 Å². The molecule has 4 aromatic rings. The fourth-order valence-corrected chi connectivity index (χ4v) is 3.59. The molecule has 0 saturated carbocycles. The van der Waals surface area contributed by atoms with Gasteiger partial charge in [0.15, 0.2) is 0 Å². The summed E-state index contributed by atoms with van der Waals surface area (Å²) in [6, 6.07) is 17.1. The molecule has 2 aromatic heterocycles. The van der Waals surface area contributed by atoms with Gasteiger partial charge in [0.25, 0.3) is 0 Å². The number of carbonyl (C=O) groups excluding carboxylic acids is 1. The van der Waals surface area contributed by atoms with Crippen LogP contribution in [0.5, 0.6) is 0 Å². The molecule has 1 atom stereocenters. The van der Waals surface area contributed by atoms with E-state index in [2.05, 4.69) is 5.32 Å². The maximum absolute atomic E-state index is 13.3. The number of aryl methyl sites for hydroxylation is 1. The number of anilines is 1. The number of nitrogens with zero attached hydrogens (tertiary/aromatic N) is 3. The molecule has 6 heteroatoms. The van der Waals surface area contributed by atoms with Gasteiger partial charge in [-0.2, -0.15) is 0 Å².